The fourth-order valence-corrected chi connectivity index (χ4v) is 5.47. The predicted octanol–water partition coefficient (Wildman–Crippen LogP) is 2.53. The Morgan fingerprint density at radius 2 is 1.90 bits per heavy atom. The van der Waals surface area contributed by atoms with E-state index in [1.165, 1.54) is 22.5 Å². The van der Waals surface area contributed by atoms with Crippen molar-refractivity contribution in [1.82, 2.24) is 24.3 Å². The molecule has 1 fully saturated rings. The molecule has 1 aliphatic rings. The Balaban J connectivity index is 1.49. The molecule has 1 saturated heterocycles. The second-order valence-corrected chi connectivity index (χ2v) is 10.1. The number of unbranched alkanes of at least 4 members (excludes halogenated alkanes) is 1. The Bertz CT molecular complexity index is 1230. The zero-order valence-electron chi connectivity index (χ0n) is 16.3. The van der Waals surface area contributed by atoms with E-state index in [-0.39, 0.29) is 21.7 Å². The molecule has 0 unspecified atom stereocenters. The highest BCUT2D eigenvalue weighted by Gasteiger charge is 2.26. The van der Waals surface area contributed by atoms with E-state index in [1.807, 2.05) is 0 Å². The van der Waals surface area contributed by atoms with E-state index < -0.39 is 21.6 Å². The van der Waals surface area contributed by atoms with E-state index in [9.17, 15) is 17.6 Å². The summed E-state index contributed by atoms with van der Waals surface area (Å²) >= 11 is 3.09. The maximum absolute atomic E-state index is 13.6. The minimum absolute atomic E-state index is 0.0597. The molecule has 10 nitrogen and oxygen atoms in total. The van der Waals surface area contributed by atoms with Gasteiger partial charge in [-0.15, -0.1) is 0 Å². The Morgan fingerprint density at radius 1 is 1.13 bits per heavy atom. The molecule has 3 aromatic rings. The quantitative estimate of drug-likeness (QED) is 0.419. The van der Waals surface area contributed by atoms with Crippen molar-refractivity contribution in [3.8, 4) is 17.2 Å². The van der Waals surface area contributed by atoms with E-state index in [4.69, 9.17) is 9.15 Å². The van der Waals surface area contributed by atoms with Crippen LogP contribution in [-0.4, -0.2) is 51.6 Å². The number of halogens is 2. The molecule has 13 heteroatoms. The van der Waals surface area contributed by atoms with E-state index in [2.05, 4.69) is 31.4 Å². The van der Waals surface area contributed by atoms with Crippen LogP contribution in [0.2, 0.25) is 0 Å². The maximum Gasteiger partial charge on any atom is 0.446 e. The lowest BCUT2D eigenvalue weighted by atomic mass is 10.1. The minimum Gasteiger partial charge on any atom is -0.295 e. The molecule has 3 heterocycles. The number of aryl methyl sites for hydroxylation is 1. The van der Waals surface area contributed by atoms with Crippen LogP contribution >= 0.6 is 15.9 Å². The fourth-order valence-electron chi connectivity index (χ4n) is 3.46. The van der Waals surface area contributed by atoms with Crippen LogP contribution in [0.1, 0.15) is 31.4 Å². The molecule has 166 valence electrons. The Labute approximate surface area is 185 Å². The molecule has 0 spiro atoms. The summed E-state index contributed by atoms with van der Waals surface area (Å²) in [6, 6.07) is 4.01. The van der Waals surface area contributed by atoms with Crippen molar-refractivity contribution in [3.05, 3.63) is 44.7 Å². The SMILES string of the molecule is O=c1onc(-c2nonc2CCCCS(=O)(=O)N2CCCC2)n1-c1ccc(F)c(Br)c1. The molecule has 4 rings (SSSR count). The molecule has 0 bridgehead atoms. The number of aromatic nitrogens is 4. The van der Waals surface area contributed by atoms with Crippen LogP contribution in [0.5, 0.6) is 0 Å². The third kappa shape index (κ3) is 4.62. The topological polar surface area (TPSA) is 124 Å². The molecule has 31 heavy (non-hydrogen) atoms. The van der Waals surface area contributed by atoms with Crippen LogP contribution in [0, 0.1) is 5.82 Å². The van der Waals surface area contributed by atoms with Gasteiger partial charge >= 0.3 is 5.76 Å². The Kier molecular flexibility index (Phi) is 6.34. The number of hydrogen-bond acceptors (Lipinski definition) is 8. The van der Waals surface area contributed by atoms with Gasteiger partial charge in [-0.25, -0.2) is 31.1 Å². The first-order chi connectivity index (χ1) is 14.9. The summed E-state index contributed by atoms with van der Waals surface area (Å²) in [5.41, 5.74) is 0.940. The van der Waals surface area contributed by atoms with Crippen LogP contribution in [0.15, 0.2) is 36.6 Å². The Hall–Kier alpha value is -2.38. The number of rotatable bonds is 8. The summed E-state index contributed by atoms with van der Waals surface area (Å²) in [5.74, 6) is -1.14. The molecule has 0 radical (unpaired) electrons. The third-order valence-corrected chi connectivity index (χ3v) is 7.62. The van der Waals surface area contributed by atoms with Gasteiger partial charge in [-0.2, -0.15) is 0 Å². The second-order valence-electron chi connectivity index (χ2n) is 7.14. The molecule has 2 aromatic heterocycles. The van der Waals surface area contributed by atoms with Gasteiger partial charge in [0.25, 0.3) is 0 Å². The van der Waals surface area contributed by atoms with Crippen LogP contribution < -0.4 is 5.76 Å². The number of benzene rings is 1. The summed E-state index contributed by atoms with van der Waals surface area (Å²) in [6.45, 7) is 1.17. The van der Waals surface area contributed by atoms with Crippen LogP contribution in [0.25, 0.3) is 17.2 Å². The molecule has 0 aliphatic carbocycles. The second kappa shape index (κ2) is 9.01. The molecule has 0 atom stereocenters. The largest absolute Gasteiger partial charge is 0.446 e. The average molecular weight is 516 g/mol. The third-order valence-electron chi connectivity index (χ3n) is 5.06. The van der Waals surface area contributed by atoms with Gasteiger partial charge in [0.15, 0.2) is 5.69 Å². The lowest BCUT2D eigenvalue weighted by Gasteiger charge is -2.14. The van der Waals surface area contributed by atoms with Crippen LogP contribution in [-0.2, 0) is 16.4 Å². The summed E-state index contributed by atoms with van der Waals surface area (Å²) < 4.78 is 50.7. The van der Waals surface area contributed by atoms with Gasteiger partial charge in [0.2, 0.25) is 15.8 Å². The van der Waals surface area contributed by atoms with Gasteiger partial charge in [-0.1, -0.05) is 10.3 Å². The first-order valence-corrected chi connectivity index (χ1v) is 12.1. The fraction of sp³-hybridized carbons (Fsp3) is 0.444. The van der Waals surface area contributed by atoms with Gasteiger partial charge in [-0.3, -0.25) is 4.52 Å². The number of sulfonamides is 1. The Morgan fingerprint density at radius 3 is 2.65 bits per heavy atom. The monoisotopic (exact) mass is 515 g/mol. The molecule has 1 aliphatic heterocycles. The number of hydrogen-bond donors (Lipinski definition) is 0. The van der Waals surface area contributed by atoms with Gasteiger partial charge < -0.3 is 0 Å². The van der Waals surface area contributed by atoms with E-state index in [0.717, 1.165) is 17.4 Å². The minimum atomic E-state index is -3.24. The van der Waals surface area contributed by atoms with Crippen molar-refractivity contribution in [1.29, 1.82) is 0 Å². The average Bonchev–Trinajstić information content (AvgIpc) is 3.48. The lowest BCUT2D eigenvalue weighted by Crippen LogP contribution is -2.30. The van der Waals surface area contributed by atoms with E-state index >= 15 is 0 Å². The van der Waals surface area contributed by atoms with Crippen molar-refractivity contribution >= 4 is 26.0 Å². The molecule has 0 amide bonds. The zero-order valence-corrected chi connectivity index (χ0v) is 18.7. The normalized spacial score (nSPS) is 15.0. The van der Waals surface area contributed by atoms with Crippen molar-refractivity contribution in [3.63, 3.8) is 0 Å². The summed E-state index contributed by atoms with van der Waals surface area (Å²) in [7, 11) is -3.24. The molecule has 0 N–H and O–H groups in total. The van der Waals surface area contributed by atoms with Crippen molar-refractivity contribution in [2.24, 2.45) is 0 Å². The first kappa shape index (κ1) is 21.8. The van der Waals surface area contributed by atoms with E-state index in [0.29, 0.717) is 43.7 Å². The van der Waals surface area contributed by atoms with Crippen LogP contribution in [0.4, 0.5) is 4.39 Å². The van der Waals surface area contributed by atoms with Gasteiger partial charge in [0, 0.05) is 13.1 Å². The van der Waals surface area contributed by atoms with Crippen molar-refractivity contribution in [2.75, 3.05) is 18.8 Å². The van der Waals surface area contributed by atoms with Crippen molar-refractivity contribution < 1.29 is 22.0 Å². The molecule has 1 aromatic carbocycles. The smallest absolute Gasteiger partial charge is 0.295 e. The number of nitrogens with zero attached hydrogens (tertiary/aromatic N) is 5. The molecular formula is C18H19BrFN5O5S. The maximum atomic E-state index is 13.6. The van der Waals surface area contributed by atoms with E-state index in [1.54, 1.807) is 0 Å². The molecule has 0 saturated carbocycles. The standard InChI is InChI=1S/C18H19BrFN5O5S/c19-13-11-12(6-7-14(13)20)25-17(23-29-18(25)26)16-15(21-30-22-16)5-1-4-10-31(27,28)24-8-2-3-9-24/h6-7,11H,1-5,8-10H2. The lowest BCUT2D eigenvalue weighted by molar-refractivity contribution is 0.303. The highest BCUT2D eigenvalue weighted by Crippen LogP contribution is 2.25. The van der Waals surface area contributed by atoms with Crippen LogP contribution in [0.3, 0.4) is 0 Å². The van der Waals surface area contributed by atoms with Crippen molar-refractivity contribution in [2.45, 2.75) is 32.1 Å². The van der Waals surface area contributed by atoms with Gasteiger partial charge in [0.05, 0.1) is 15.9 Å². The van der Waals surface area contributed by atoms with Gasteiger partial charge in [-0.05, 0) is 71.4 Å². The van der Waals surface area contributed by atoms with Gasteiger partial charge in [0.1, 0.15) is 11.5 Å². The first-order valence-electron chi connectivity index (χ1n) is 9.70. The summed E-state index contributed by atoms with van der Waals surface area (Å²) in [5, 5.41) is 11.5. The highest BCUT2D eigenvalue weighted by molar-refractivity contribution is 9.10. The molecular weight excluding hydrogens is 497 g/mol. The zero-order chi connectivity index (χ0) is 22.0. The highest BCUT2D eigenvalue weighted by atomic mass is 79.9. The summed E-state index contributed by atoms with van der Waals surface area (Å²) in [4.78, 5) is 12.2. The predicted molar refractivity (Wildman–Crippen MR) is 111 cm³/mol. The summed E-state index contributed by atoms with van der Waals surface area (Å²) in [6.07, 6.45) is 3.15.